The standard InChI is InChI=1S/C45H38N2/c1-45(2)42-25-13-12-23-40(42)41-24-14-26-43(44(41)45)46-33-15-18-35(28-27-34-16-6-3-7-17-34)36-29-31-39(32-30-36)47(37-19-8-4-9-20-37)38-21-10-5-11-22-38/h3-33,46H,1-2H3/b28-27-,33-15+,35-18+. The van der Waals surface area contributed by atoms with Crippen LogP contribution in [0.25, 0.3) is 22.8 Å². The first-order chi connectivity index (χ1) is 23.1. The maximum absolute atomic E-state index is 3.62. The maximum Gasteiger partial charge on any atom is 0.0462 e. The van der Waals surface area contributed by atoms with Gasteiger partial charge in [0.25, 0.3) is 0 Å². The minimum Gasteiger partial charge on any atom is -0.361 e. The lowest BCUT2D eigenvalue weighted by Crippen LogP contribution is -2.16. The average Bonchev–Trinajstić information content (AvgIpc) is 3.36. The van der Waals surface area contributed by atoms with Crippen LogP contribution in [-0.2, 0) is 5.41 Å². The zero-order valence-electron chi connectivity index (χ0n) is 26.8. The zero-order chi connectivity index (χ0) is 32.1. The molecule has 2 heteroatoms. The molecule has 7 rings (SSSR count). The SMILES string of the molecule is CC1(C)c2ccccc2-c2cccc(N/C=C/C=C(\C=C/c3ccccc3)c3ccc(N(c4ccccc4)c4ccccc4)cc3)c21. The highest BCUT2D eigenvalue weighted by molar-refractivity contribution is 5.86. The van der Waals surface area contributed by atoms with E-state index in [1.165, 1.54) is 22.3 Å². The summed E-state index contributed by atoms with van der Waals surface area (Å²) in [5.74, 6) is 0. The summed E-state index contributed by atoms with van der Waals surface area (Å²) in [6.07, 6.45) is 10.7. The molecule has 0 unspecified atom stereocenters. The number of nitrogens with zero attached hydrogens (tertiary/aromatic N) is 1. The third-order valence-electron chi connectivity index (χ3n) is 8.93. The Morgan fingerprint density at radius 1 is 0.574 bits per heavy atom. The van der Waals surface area contributed by atoms with Gasteiger partial charge < -0.3 is 10.2 Å². The molecule has 0 amide bonds. The highest BCUT2D eigenvalue weighted by atomic mass is 15.1. The molecule has 0 saturated heterocycles. The summed E-state index contributed by atoms with van der Waals surface area (Å²) in [5.41, 5.74) is 13.2. The molecular weight excluding hydrogens is 569 g/mol. The molecule has 1 aliphatic rings. The number of hydrogen-bond donors (Lipinski definition) is 1. The van der Waals surface area contributed by atoms with E-state index in [1.807, 2.05) is 12.3 Å². The molecule has 0 fully saturated rings. The smallest absolute Gasteiger partial charge is 0.0462 e. The van der Waals surface area contributed by atoms with Crippen LogP contribution >= 0.6 is 0 Å². The van der Waals surface area contributed by atoms with Crippen molar-refractivity contribution in [3.8, 4) is 11.1 Å². The maximum atomic E-state index is 3.62. The molecule has 0 radical (unpaired) electrons. The van der Waals surface area contributed by atoms with Gasteiger partial charge in [0.15, 0.2) is 0 Å². The monoisotopic (exact) mass is 606 g/mol. The van der Waals surface area contributed by atoms with Gasteiger partial charge in [-0.25, -0.2) is 0 Å². The van der Waals surface area contributed by atoms with Crippen molar-refractivity contribution in [2.75, 3.05) is 10.2 Å². The van der Waals surface area contributed by atoms with Crippen LogP contribution in [0, 0.1) is 0 Å². The largest absolute Gasteiger partial charge is 0.361 e. The average molecular weight is 607 g/mol. The van der Waals surface area contributed by atoms with Gasteiger partial charge in [0.05, 0.1) is 0 Å². The van der Waals surface area contributed by atoms with Crippen molar-refractivity contribution in [3.63, 3.8) is 0 Å². The van der Waals surface area contributed by atoms with Gasteiger partial charge in [-0.15, -0.1) is 0 Å². The van der Waals surface area contributed by atoms with E-state index in [2.05, 4.69) is 200 Å². The molecule has 0 aromatic heterocycles. The first-order valence-electron chi connectivity index (χ1n) is 16.2. The number of nitrogens with one attached hydrogen (secondary N) is 1. The Morgan fingerprint density at radius 2 is 1.15 bits per heavy atom. The fourth-order valence-electron chi connectivity index (χ4n) is 6.66. The summed E-state index contributed by atoms with van der Waals surface area (Å²) in [5, 5.41) is 3.62. The molecule has 0 spiro atoms. The van der Waals surface area contributed by atoms with Crippen LogP contribution in [0.4, 0.5) is 22.7 Å². The minimum absolute atomic E-state index is 0.0715. The van der Waals surface area contributed by atoms with E-state index in [-0.39, 0.29) is 5.41 Å². The predicted octanol–water partition coefficient (Wildman–Crippen LogP) is 12.2. The molecule has 47 heavy (non-hydrogen) atoms. The van der Waals surface area contributed by atoms with Gasteiger partial charge in [0.2, 0.25) is 0 Å². The third-order valence-corrected chi connectivity index (χ3v) is 8.93. The van der Waals surface area contributed by atoms with Crippen LogP contribution in [0.15, 0.2) is 182 Å². The number of para-hydroxylation sites is 2. The van der Waals surface area contributed by atoms with Gasteiger partial charge in [0.1, 0.15) is 0 Å². The summed E-state index contributed by atoms with van der Waals surface area (Å²) in [6, 6.07) is 55.6. The minimum atomic E-state index is -0.0715. The van der Waals surface area contributed by atoms with Crippen molar-refractivity contribution in [3.05, 3.63) is 204 Å². The van der Waals surface area contributed by atoms with Gasteiger partial charge in [-0.1, -0.05) is 147 Å². The molecule has 1 aliphatic carbocycles. The highest BCUT2D eigenvalue weighted by Gasteiger charge is 2.36. The number of rotatable bonds is 9. The van der Waals surface area contributed by atoms with E-state index in [0.717, 1.165) is 39.4 Å². The molecule has 1 N–H and O–H groups in total. The summed E-state index contributed by atoms with van der Waals surface area (Å²) in [4.78, 5) is 2.29. The molecular formula is C45H38N2. The van der Waals surface area contributed by atoms with Crippen LogP contribution in [0.1, 0.15) is 36.1 Å². The molecule has 0 heterocycles. The van der Waals surface area contributed by atoms with E-state index in [4.69, 9.17) is 0 Å². The molecule has 228 valence electrons. The van der Waals surface area contributed by atoms with Crippen molar-refractivity contribution < 1.29 is 0 Å². The van der Waals surface area contributed by atoms with Gasteiger partial charge in [-0.05, 0) is 87.5 Å². The topological polar surface area (TPSA) is 15.3 Å². The summed E-state index contributed by atoms with van der Waals surface area (Å²) in [6.45, 7) is 4.64. The second-order valence-corrected chi connectivity index (χ2v) is 12.3. The molecule has 2 nitrogen and oxygen atoms in total. The molecule has 0 saturated carbocycles. The highest BCUT2D eigenvalue weighted by Crippen LogP contribution is 2.51. The third kappa shape index (κ3) is 6.19. The van der Waals surface area contributed by atoms with Crippen LogP contribution in [0.5, 0.6) is 0 Å². The van der Waals surface area contributed by atoms with Crippen LogP contribution < -0.4 is 10.2 Å². The second-order valence-electron chi connectivity index (χ2n) is 12.3. The van der Waals surface area contributed by atoms with Gasteiger partial charge in [-0.2, -0.15) is 0 Å². The first-order valence-corrected chi connectivity index (χ1v) is 16.2. The second kappa shape index (κ2) is 13.2. The lowest BCUT2D eigenvalue weighted by Gasteiger charge is -2.25. The Hall–Kier alpha value is -5.86. The molecule has 6 aromatic carbocycles. The number of anilines is 4. The normalized spacial score (nSPS) is 13.4. The quantitative estimate of drug-likeness (QED) is 0.165. The van der Waals surface area contributed by atoms with Gasteiger partial charge in [0, 0.05) is 34.4 Å². The lowest BCUT2D eigenvalue weighted by molar-refractivity contribution is 0.662. The van der Waals surface area contributed by atoms with E-state index < -0.39 is 0 Å². The van der Waals surface area contributed by atoms with Crippen molar-refractivity contribution in [1.29, 1.82) is 0 Å². The summed E-state index contributed by atoms with van der Waals surface area (Å²) < 4.78 is 0. The van der Waals surface area contributed by atoms with Crippen molar-refractivity contribution in [2.24, 2.45) is 0 Å². The van der Waals surface area contributed by atoms with Crippen LogP contribution in [-0.4, -0.2) is 0 Å². The molecule has 0 bridgehead atoms. The fraction of sp³-hybridized carbons (Fsp3) is 0.0667. The molecule has 0 aliphatic heterocycles. The Kier molecular flexibility index (Phi) is 8.41. The summed E-state index contributed by atoms with van der Waals surface area (Å²) in [7, 11) is 0. The van der Waals surface area contributed by atoms with Gasteiger partial charge in [-0.3, -0.25) is 0 Å². The Balaban J connectivity index is 1.19. The number of hydrogen-bond acceptors (Lipinski definition) is 2. The number of allylic oxidation sites excluding steroid dienone is 4. The van der Waals surface area contributed by atoms with Crippen molar-refractivity contribution in [1.82, 2.24) is 0 Å². The van der Waals surface area contributed by atoms with E-state index in [0.29, 0.717) is 0 Å². The van der Waals surface area contributed by atoms with E-state index >= 15 is 0 Å². The number of benzene rings is 6. The molecule has 0 atom stereocenters. The molecule has 6 aromatic rings. The van der Waals surface area contributed by atoms with Crippen LogP contribution in [0.2, 0.25) is 0 Å². The van der Waals surface area contributed by atoms with E-state index in [1.54, 1.807) is 0 Å². The Labute approximate surface area is 278 Å². The Morgan fingerprint density at radius 3 is 1.83 bits per heavy atom. The van der Waals surface area contributed by atoms with E-state index in [9.17, 15) is 0 Å². The summed E-state index contributed by atoms with van der Waals surface area (Å²) >= 11 is 0. The van der Waals surface area contributed by atoms with Crippen molar-refractivity contribution in [2.45, 2.75) is 19.3 Å². The lowest BCUT2D eigenvalue weighted by atomic mass is 9.81. The predicted molar refractivity (Wildman–Crippen MR) is 201 cm³/mol. The van der Waals surface area contributed by atoms with Crippen LogP contribution in [0.3, 0.4) is 0 Å². The first kappa shape index (κ1) is 29.8. The zero-order valence-corrected chi connectivity index (χ0v) is 26.8. The van der Waals surface area contributed by atoms with Gasteiger partial charge >= 0.3 is 0 Å². The van der Waals surface area contributed by atoms with Crippen molar-refractivity contribution >= 4 is 34.4 Å². The number of fused-ring (bicyclic) bond motifs is 3. The fourth-order valence-corrected chi connectivity index (χ4v) is 6.66. The Bertz CT molecular complexity index is 2010.